The summed E-state index contributed by atoms with van der Waals surface area (Å²) in [5, 5.41) is 0. The van der Waals surface area contributed by atoms with E-state index in [9.17, 15) is 0 Å². The summed E-state index contributed by atoms with van der Waals surface area (Å²) in [4.78, 5) is 2.22. The summed E-state index contributed by atoms with van der Waals surface area (Å²) in [6.07, 6.45) is 2.30. The maximum atomic E-state index is 5.82. The van der Waals surface area contributed by atoms with Gasteiger partial charge in [0.2, 0.25) is 0 Å². The van der Waals surface area contributed by atoms with E-state index in [0.29, 0.717) is 0 Å². The van der Waals surface area contributed by atoms with Gasteiger partial charge >= 0.3 is 0 Å². The third-order valence-corrected chi connectivity index (χ3v) is 3.25. The van der Waals surface area contributed by atoms with Crippen molar-refractivity contribution in [3.8, 4) is 11.5 Å². The van der Waals surface area contributed by atoms with Gasteiger partial charge in [-0.2, -0.15) is 0 Å². The molecule has 20 heavy (non-hydrogen) atoms. The van der Waals surface area contributed by atoms with E-state index in [1.165, 1.54) is 17.5 Å². The van der Waals surface area contributed by atoms with Crippen molar-refractivity contribution in [1.29, 1.82) is 0 Å². The Morgan fingerprint density at radius 3 is 1.95 bits per heavy atom. The Morgan fingerprint density at radius 1 is 0.850 bits per heavy atom. The first-order chi connectivity index (χ1) is 9.63. The fourth-order valence-electron chi connectivity index (χ4n) is 2.07. The molecule has 0 aliphatic heterocycles. The normalized spacial score (nSPS) is 10.8. The van der Waals surface area contributed by atoms with Crippen molar-refractivity contribution in [1.82, 2.24) is 4.90 Å². The highest BCUT2D eigenvalue weighted by molar-refractivity contribution is 5.34. The quantitative estimate of drug-likeness (QED) is 0.776. The maximum Gasteiger partial charge on any atom is 0.127 e. The van der Waals surface area contributed by atoms with Gasteiger partial charge < -0.3 is 9.64 Å². The Balaban J connectivity index is 1.89. The maximum absolute atomic E-state index is 5.82. The average molecular weight is 269 g/mol. The van der Waals surface area contributed by atoms with E-state index in [-0.39, 0.29) is 0 Å². The fourth-order valence-corrected chi connectivity index (χ4v) is 2.07. The van der Waals surface area contributed by atoms with Gasteiger partial charge in [0, 0.05) is 0 Å². The van der Waals surface area contributed by atoms with Crippen LogP contribution in [0.4, 0.5) is 0 Å². The summed E-state index contributed by atoms with van der Waals surface area (Å²) in [6, 6.07) is 16.5. The predicted octanol–water partition coefficient (Wildman–Crippen LogP) is 4.28. The summed E-state index contributed by atoms with van der Waals surface area (Å²) >= 11 is 0. The van der Waals surface area contributed by atoms with Crippen molar-refractivity contribution in [2.24, 2.45) is 0 Å². The molecule has 0 amide bonds. The Hall–Kier alpha value is -1.80. The number of ether oxygens (including phenoxy) is 1. The SMILES string of the molecule is Cc1ccc(Oc2ccc(CCCN(C)C)cc2)cc1. The third kappa shape index (κ3) is 4.71. The Bertz CT molecular complexity index is 514. The van der Waals surface area contributed by atoms with Gasteiger partial charge in [0.25, 0.3) is 0 Å². The van der Waals surface area contributed by atoms with Gasteiger partial charge in [-0.1, -0.05) is 29.8 Å². The van der Waals surface area contributed by atoms with Crippen LogP contribution in [-0.2, 0) is 6.42 Å². The van der Waals surface area contributed by atoms with Crippen LogP contribution in [0.1, 0.15) is 17.5 Å². The second-order valence-electron chi connectivity index (χ2n) is 5.47. The van der Waals surface area contributed by atoms with Crippen molar-refractivity contribution >= 4 is 0 Å². The van der Waals surface area contributed by atoms with Crippen LogP contribution in [0.15, 0.2) is 48.5 Å². The second kappa shape index (κ2) is 7.11. The molecule has 2 aromatic carbocycles. The smallest absolute Gasteiger partial charge is 0.127 e. The van der Waals surface area contributed by atoms with Gasteiger partial charge in [-0.05, 0) is 70.2 Å². The zero-order valence-corrected chi connectivity index (χ0v) is 12.6. The summed E-state index contributed by atoms with van der Waals surface area (Å²) in [5.74, 6) is 1.78. The molecule has 2 nitrogen and oxygen atoms in total. The lowest BCUT2D eigenvalue weighted by atomic mass is 10.1. The molecular formula is C18H23NO. The molecule has 0 atom stereocenters. The molecule has 0 N–H and O–H groups in total. The molecule has 0 unspecified atom stereocenters. The van der Waals surface area contributed by atoms with Crippen molar-refractivity contribution in [2.75, 3.05) is 20.6 Å². The molecule has 0 saturated heterocycles. The standard InChI is InChI=1S/C18H23NO/c1-15-6-10-17(11-7-15)20-18-12-8-16(9-13-18)5-4-14-19(2)3/h6-13H,4-5,14H2,1-3H3. The predicted molar refractivity (Wildman–Crippen MR) is 84.6 cm³/mol. The Morgan fingerprint density at radius 2 is 1.40 bits per heavy atom. The molecule has 2 aromatic rings. The molecule has 2 heteroatoms. The minimum Gasteiger partial charge on any atom is -0.457 e. The Kier molecular flexibility index (Phi) is 5.19. The van der Waals surface area contributed by atoms with Crippen molar-refractivity contribution < 1.29 is 4.74 Å². The first-order valence-electron chi connectivity index (χ1n) is 7.12. The molecule has 0 bridgehead atoms. The van der Waals surface area contributed by atoms with Crippen LogP contribution in [0.5, 0.6) is 11.5 Å². The highest BCUT2D eigenvalue weighted by Crippen LogP contribution is 2.22. The first-order valence-corrected chi connectivity index (χ1v) is 7.12. The van der Waals surface area contributed by atoms with Gasteiger partial charge in [0.1, 0.15) is 11.5 Å². The van der Waals surface area contributed by atoms with Crippen LogP contribution in [-0.4, -0.2) is 25.5 Å². The van der Waals surface area contributed by atoms with Crippen LogP contribution in [0, 0.1) is 6.92 Å². The monoisotopic (exact) mass is 269 g/mol. The van der Waals surface area contributed by atoms with Crippen LogP contribution in [0.2, 0.25) is 0 Å². The molecule has 106 valence electrons. The fraction of sp³-hybridized carbons (Fsp3) is 0.333. The van der Waals surface area contributed by atoms with E-state index in [4.69, 9.17) is 4.74 Å². The van der Waals surface area contributed by atoms with Crippen LogP contribution in [0.3, 0.4) is 0 Å². The number of hydrogen-bond donors (Lipinski definition) is 0. The molecule has 0 radical (unpaired) electrons. The molecular weight excluding hydrogens is 246 g/mol. The van der Waals surface area contributed by atoms with Crippen LogP contribution >= 0.6 is 0 Å². The lowest BCUT2D eigenvalue weighted by Crippen LogP contribution is -2.13. The van der Waals surface area contributed by atoms with Crippen molar-refractivity contribution in [2.45, 2.75) is 19.8 Å². The molecule has 0 spiro atoms. The summed E-state index contributed by atoms with van der Waals surface area (Å²) < 4.78 is 5.82. The van der Waals surface area contributed by atoms with E-state index in [1.807, 2.05) is 24.3 Å². The minimum absolute atomic E-state index is 0.885. The minimum atomic E-state index is 0.885. The highest BCUT2D eigenvalue weighted by atomic mass is 16.5. The zero-order chi connectivity index (χ0) is 14.4. The lowest BCUT2D eigenvalue weighted by molar-refractivity contribution is 0.400. The number of rotatable bonds is 6. The topological polar surface area (TPSA) is 12.5 Å². The number of benzene rings is 2. The molecule has 0 aromatic heterocycles. The first kappa shape index (κ1) is 14.6. The summed E-state index contributed by atoms with van der Waals surface area (Å²) in [7, 11) is 4.22. The van der Waals surface area contributed by atoms with E-state index in [2.05, 4.69) is 50.2 Å². The van der Waals surface area contributed by atoms with E-state index in [0.717, 1.165) is 24.5 Å². The average Bonchev–Trinajstić information content (AvgIpc) is 2.43. The molecule has 0 saturated carbocycles. The van der Waals surface area contributed by atoms with Crippen molar-refractivity contribution in [3.63, 3.8) is 0 Å². The lowest BCUT2D eigenvalue weighted by Gasteiger charge is -2.10. The van der Waals surface area contributed by atoms with Gasteiger partial charge in [0.05, 0.1) is 0 Å². The molecule has 0 fully saturated rings. The number of hydrogen-bond acceptors (Lipinski definition) is 2. The van der Waals surface area contributed by atoms with Gasteiger partial charge in [-0.15, -0.1) is 0 Å². The summed E-state index contributed by atoms with van der Waals surface area (Å²) in [6.45, 7) is 3.20. The number of nitrogens with zero attached hydrogens (tertiary/aromatic N) is 1. The van der Waals surface area contributed by atoms with Crippen LogP contribution < -0.4 is 4.74 Å². The summed E-state index contributed by atoms with van der Waals surface area (Å²) in [5.41, 5.74) is 2.61. The van der Waals surface area contributed by atoms with Crippen molar-refractivity contribution in [3.05, 3.63) is 59.7 Å². The molecule has 2 rings (SSSR count). The van der Waals surface area contributed by atoms with Gasteiger partial charge in [-0.25, -0.2) is 0 Å². The second-order valence-corrected chi connectivity index (χ2v) is 5.47. The molecule has 0 aliphatic rings. The van der Waals surface area contributed by atoms with E-state index in [1.54, 1.807) is 0 Å². The highest BCUT2D eigenvalue weighted by Gasteiger charge is 1.99. The molecule has 0 aliphatic carbocycles. The Labute approximate surface area is 122 Å². The van der Waals surface area contributed by atoms with E-state index < -0.39 is 0 Å². The van der Waals surface area contributed by atoms with E-state index >= 15 is 0 Å². The molecule has 0 heterocycles. The van der Waals surface area contributed by atoms with Crippen LogP contribution in [0.25, 0.3) is 0 Å². The van der Waals surface area contributed by atoms with Gasteiger partial charge in [-0.3, -0.25) is 0 Å². The third-order valence-electron chi connectivity index (χ3n) is 3.25. The zero-order valence-electron chi connectivity index (χ0n) is 12.6. The van der Waals surface area contributed by atoms with Gasteiger partial charge in [0.15, 0.2) is 0 Å². The number of aryl methyl sites for hydroxylation is 2. The largest absolute Gasteiger partial charge is 0.457 e.